The molecule has 1 saturated heterocycles. The molecule has 0 aliphatic carbocycles. The molecule has 0 radical (unpaired) electrons. The number of pyridine rings is 1. The first-order valence-electron chi connectivity index (χ1n) is 10.2. The van der Waals surface area contributed by atoms with Crippen LogP contribution in [0.4, 0.5) is 20.8 Å². The molecule has 2 aromatic carbocycles. The van der Waals surface area contributed by atoms with E-state index in [1.54, 1.807) is 16.6 Å². The summed E-state index contributed by atoms with van der Waals surface area (Å²) in [5, 5.41) is 8.42. The third kappa shape index (κ3) is 3.74. The minimum Gasteiger partial charge on any atom is -0.366 e. The van der Waals surface area contributed by atoms with Gasteiger partial charge in [-0.25, -0.2) is 13.7 Å². The molecule has 0 unspecified atom stereocenters. The number of carbonyl (C=O) groups is 1. The number of rotatable bonds is 3. The van der Waals surface area contributed by atoms with Crippen molar-refractivity contribution in [1.82, 2.24) is 19.7 Å². The van der Waals surface area contributed by atoms with Gasteiger partial charge in [-0.05, 0) is 53.9 Å². The fraction of sp³-hybridized carbons (Fsp3) is 0.174. The summed E-state index contributed by atoms with van der Waals surface area (Å²) in [7, 11) is 0. The summed E-state index contributed by atoms with van der Waals surface area (Å²) in [6, 6.07) is 15.0. The first-order chi connectivity index (χ1) is 15.5. The molecule has 4 aromatic rings. The van der Waals surface area contributed by atoms with E-state index in [-0.39, 0.29) is 23.8 Å². The summed E-state index contributed by atoms with van der Waals surface area (Å²) in [4.78, 5) is 22.7. The Kier molecular flexibility index (Phi) is 4.95. The Morgan fingerprint density at radius 2 is 1.94 bits per heavy atom. The van der Waals surface area contributed by atoms with E-state index in [2.05, 4.69) is 15.4 Å². The van der Waals surface area contributed by atoms with Crippen LogP contribution >= 0.6 is 0 Å². The number of aryl methyl sites for hydroxylation is 1. The number of nitrogens with zero attached hydrogens (tertiary/aromatic N) is 4. The number of fused-ring (bicyclic) bond motifs is 1. The third-order valence-electron chi connectivity index (χ3n) is 5.52. The molecular weight excluding hydrogens is 411 g/mol. The normalized spacial score (nSPS) is 15.9. The number of urea groups is 1. The first kappa shape index (κ1) is 20.0. The molecule has 2 aromatic heterocycles. The molecule has 0 bridgehead atoms. The van der Waals surface area contributed by atoms with Gasteiger partial charge < -0.3 is 11.1 Å². The van der Waals surface area contributed by atoms with Crippen LogP contribution in [0.3, 0.4) is 0 Å². The number of carbonyl (C=O) groups excluding carboxylic acids is 1. The van der Waals surface area contributed by atoms with Gasteiger partial charge >= 0.3 is 6.03 Å². The molecule has 0 saturated carbocycles. The van der Waals surface area contributed by atoms with Gasteiger partial charge in [0.05, 0.1) is 12.6 Å². The highest BCUT2D eigenvalue weighted by atomic mass is 19.1. The van der Waals surface area contributed by atoms with Gasteiger partial charge in [0.15, 0.2) is 5.65 Å². The molecule has 0 spiro atoms. The van der Waals surface area contributed by atoms with Crippen molar-refractivity contribution < 1.29 is 14.0 Å². The highest BCUT2D eigenvalue weighted by Gasteiger charge is 2.32. The fourth-order valence-corrected chi connectivity index (χ4v) is 3.83. The van der Waals surface area contributed by atoms with Crippen LogP contribution in [-0.4, -0.2) is 32.3 Å². The maximum atomic E-state index is 13.3. The second kappa shape index (κ2) is 7.93. The third-order valence-corrected chi connectivity index (χ3v) is 5.52. The van der Waals surface area contributed by atoms with Gasteiger partial charge in [0, 0.05) is 23.9 Å². The number of nitrogens with two attached hydrogens (primary N) is 1. The SMILES string of the molecule is Cc1ccc(-c2ccc3nc(N)nn3c2)cc1NC(=O)N1OCC[C@H]1c1ccc(F)cc1. The number of aromatic nitrogens is 3. The van der Waals surface area contributed by atoms with Crippen LogP contribution in [0, 0.1) is 12.7 Å². The lowest BCUT2D eigenvalue weighted by molar-refractivity contribution is -0.0830. The number of hydrogen-bond acceptors (Lipinski definition) is 5. The minimum absolute atomic E-state index is 0.209. The molecule has 1 fully saturated rings. The van der Waals surface area contributed by atoms with Gasteiger partial charge in [-0.2, -0.15) is 10.0 Å². The van der Waals surface area contributed by atoms with Crippen molar-refractivity contribution in [2.75, 3.05) is 17.7 Å². The summed E-state index contributed by atoms with van der Waals surface area (Å²) >= 11 is 0. The van der Waals surface area contributed by atoms with Crippen molar-refractivity contribution in [2.24, 2.45) is 0 Å². The molecule has 3 N–H and O–H groups in total. The van der Waals surface area contributed by atoms with E-state index in [9.17, 15) is 9.18 Å². The van der Waals surface area contributed by atoms with Crippen LogP contribution in [0.15, 0.2) is 60.8 Å². The average Bonchev–Trinajstić information content (AvgIpc) is 3.41. The summed E-state index contributed by atoms with van der Waals surface area (Å²) in [5.41, 5.74) is 10.5. The average molecular weight is 432 g/mol. The van der Waals surface area contributed by atoms with Gasteiger partial charge in [-0.3, -0.25) is 4.84 Å². The standard InChI is InChI=1S/C23H21FN6O2/c1-14-2-3-16(17-6-9-21-27-22(25)28-29(21)13-17)12-19(14)26-23(31)30-20(10-11-32-30)15-4-7-18(24)8-5-15/h2-9,12-13,20H,10-11H2,1H3,(H2,25,28)(H,26,31)/t20-/m0/s1. The van der Waals surface area contributed by atoms with Crippen LogP contribution < -0.4 is 11.1 Å². The van der Waals surface area contributed by atoms with E-state index in [0.717, 1.165) is 22.3 Å². The molecule has 3 heterocycles. The Bertz CT molecular complexity index is 1300. The first-order valence-corrected chi connectivity index (χ1v) is 10.2. The van der Waals surface area contributed by atoms with E-state index < -0.39 is 0 Å². The van der Waals surface area contributed by atoms with Crippen LogP contribution in [0.2, 0.25) is 0 Å². The predicted octanol–water partition coefficient (Wildman–Crippen LogP) is 4.34. The van der Waals surface area contributed by atoms with E-state index in [1.807, 2.05) is 43.5 Å². The Hall–Kier alpha value is -3.98. The van der Waals surface area contributed by atoms with Crippen molar-refractivity contribution in [3.8, 4) is 11.1 Å². The summed E-state index contributed by atoms with van der Waals surface area (Å²) < 4.78 is 14.9. The minimum atomic E-state index is -0.378. The van der Waals surface area contributed by atoms with E-state index >= 15 is 0 Å². The van der Waals surface area contributed by atoms with Gasteiger partial charge in [-0.15, -0.1) is 5.10 Å². The summed E-state index contributed by atoms with van der Waals surface area (Å²) in [6.07, 6.45) is 2.47. The zero-order valence-electron chi connectivity index (χ0n) is 17.3. The molecule has 1 atom stereocenters. The second-order valence-electron chi connectivity index (χ2n) is 7.67. The fourth-order valence-electron chi connectivity index (χ4n) is 3.83. The number of anilines is 2. The van der Waals surface area contributed by atoms with Gasteiger partial charge in [0.25, 0.3) is 0 Å². The lowest BCUT2D eigenvalue weighted by Gasteiger charge is -2.23. The van der Waals surface area contributed by atoms with Gasteiger partial charge in [0.2, 0.25) is 5.95 Å². The number of nitrogen functional groups attached to an aromatic ring is 1. The van der Waals surface area contributed by atoms with Gasteiger partial charge in [-0.1, -0.05) is 24.3 Å². The molecule has 1 aliphatic rings. The number of nitrogens with one attached hydrogen (secondary N) is 1. The van der Waals surface area contributed by atoms with Crippen LogP contribution in [0.25, 0.3) is 16.8 Å². The molecular formula is C23H21FN6O2. The molecule has 1 aliphatic heterocycles. The van der Waals surface area contributed by atoms with Crippen LogP contribution in [-0.2, 0) is 4.84 Å². The molecule has 162 valence electrons. The number of hydroxylamine groups is 2. The van der Waals surface area contributed by atoms with Crippen LogP contribution in [0.5, 0.6) is 0 Å². The number of amides is 2. The Morgan fingerprint density at radius 3 is 2.75 bits per heavy atom. The van der Waals surface area contributed by atoms with Crippen molar-refractivity contribution in [3.05, 3.63) is 77.7 Å². The highest BCUT2D eigenvalue weighted by molar-refractivity contribution is 5.91. The molecule has 9 heteroatoms. The van der Waals surface area contributed by atoms with E-state index in [4.69, 9.17) is 10.6 Å². The highest BCUT2D eigenvalue weighted by Crippen LogP contribution is 2.32. The van der Waals surface area contributed by atoms with E-state index in [0.29, 0.717) is 24.4 Å². The van der Waals surface area contributed by atoms with Crippen molar-refractivity contribution >= 4 is 23.3 Å². The predicted molar refractivity (Wildman–Crippen MR) is 118 cm³/mol. The van der Waals surface area contributed by atoms with Crippen molar-refractivity contribution in [1.29, 1.82) is 0 Å². The quantitative estimate of drug-likeness (QED) is 0.502. The zero-order valence-corrected chi connectivity index (χ0v) is 17.3. The number of halogens is 1. The number of hydrogen-bond donors (Lipinski definition) is 2. The maximum Gasteiger partial charge on any atom is 0.346 e. The monoisotopic (exact) mass is 432 g/mol. The Balaban J connectivity index is 1.39. The largest absolute Gasteiger partial charge is 0.366 e. The molecule has 8 nitrogen and oxygen atoms in total. The zero-order chi connectivity index (χ0) is 22.2. The van der Waals surface area contributed by atoms with Crippen molar-refractivity contribution in [2.45, 2.75) is 19.4 Å². The van der Waals surface area contributed by atoms with Gasteiger partial charge in [0.1, 0.15) is 5.82 Å². The smallest absolute Gasteiger partial charge is 0.346 e. The topological polar surface area (TPSA) is 97.8 Å². The lowest BCUT2D eigenvalue weighted by Crippen LogP contribution is -2.33. The second-order valence-corrected chi connectivity index (χ2v) is 7.67. The van der Waals surface area contributed by atoms with E-state index in [1.165, 1.54) is 17.2 Å². The lowest BCUT2D eigenvalue weighted by atomic mass is 10.0. The maximum absolute atomic E-state index is 13.3. The molecule has 32 heavy (non-hydrogen) atoms. The van der Waals surface area contributed by atoms with Crippen LogP contribution in [0.1, 0.15) is 23.6 Å². The Morgan fingerprint density at radius 1 is 1.16 bits per heavy atom. The summed E-state index contributed by atoms with van der Waals surface area (Å²) in [6.45, 7) is 2.33. The molecule has 5 rings (SSSR count). The number of benzene rings is 2. The Labute approximate surface area is 183 Å². The molecule has 2 amide bonds. The van der Waals surface area contributed by atoms with Crippen molar-refractivity contribution in [3.63, 3.8) is 0 Å². The summed E-state index contributed by atoms with van der Waals surface area (Å²) in [5.74, 6) is -0.108.